The lowest BCUT2D eigenvalue weighted by Gasteiger charge is -2.35. The molecule has 0 amide bonds. The second-order valence-electron chi connectivity index (χ2n) is 8.10. The second-order valence-corrected chi connectivity index (χ2v) is 8.10. The predicted octanol–water partition coefficient (Wildman–Crippen LogP) is 5.09. The highest BCUT2D eigenvalue weighted by atomic mass is 19.4. The Morgan fingerprint density at radius 3 is 2.58 bits per heavy atom. The van der Waals surface area contributed by atoms with Crippen LogP contribution in [-0.2, 0) is 6.18 Å². The average molecular weight is 455 g/mol. The molecule has 0 aliphatic heterocycles. The number of fused-ring (bicyclic) bond motifs is 1. The van der Waals surface area contributed by atoms with Gasteiger partial charge in [-0.25, -0.2) is 9.37 Å². The lowest BCUT2D eigenvalue weighted by Crippen LogP contribution is -2.33. The van der Waals surface area contributed by atoms with Crippen molar-refractivity contribution in [3.63, 3.8) is 0 Å². The van der Waals surface area contributed by atoms with E-state index in [9.17, 15) is 22.7 Å². The number of halogens is 4. The van der Waals surface area contributed by atoms with Crippen LogP contribution >= 0.6 is 0 Å². The van der Waals surface area contributed by atoms with Gasteiger partial charge in [0.1, 0.15) is 11.5 Å². The van der Waals surface area contributed by atoms with Crippen LogP contribution in [-0.4, -0.2) is 16.9 Å². The monoisotopic (exact) mass is 455 g/mol. The number of alkyl halides is 3. The standard InChI is InChI=1S/C24H20F4N4O/c25-14-6-8-20-18(10-14)21(11-22(32-20)24(26,27)28)31-19-4-2-1-3-16(19)15-7-5-13(12-29)9-17(15)23(30)33/h5-11,16,19H,1-4H2,(H2,30,33)(H,31,32)/p-1/t16?,19-/m0/s1. The molecule has 1 heterocycles. The molecule has 0 bridgehead atoms. The van der Waals surface area contributed by atoms with E-state index in [0.29, 0.717) is 18.4 Å². The van der Waals surface area contributed by atoms with E-state index in [2.05, 4.69) is 10.3 Å². The zero-order valence-electron chi connectivity index (χ0n) is 17.3. The fraction of sp³-hybridized carbons (Fsp3) is 0.292. The van der Waals surface area contributed by atoms with Crippen LogP contribution in [0.1, 0.15) is 54.0 Å². The van der Waals surface area contributed by atoms with Gasteiger partial charge in [0.2, 0.25) is 0 Å². The van der Waals surface area contributed by atoms with E-state index < -0.39 is 23.6 Å². The molecular formula is C24H19F4N4O-. The summed E-state index contributed by atoms with van der Waals surface area (Å²) in [6.45, 7) is 0. The average Bonchev–Trinajstić information content (AvgIpc) is 2.78. The first kappa shape index (κ1) is 22.5. The minimum absolute atomic E-state index is 0.0153. The minimum Gasteiger partial charge on any atom is -0.859 e. The highest BCUT2D eigenvalue weighted by Crippen LogP contribution is 2.39. The molecule has 0 spiro atoms. The molecular weight excluding hydrogens is 436 g/mol. The van der Waals surface area contributed by atoms with Crippen LogP contribution in [0.2, 0.25) is 0 Å². The molecule has 170 valence electrons. The number of rotatable bonds is 4. The predicted molar refractivity (Wildman–Crippen MR) is 113 cm³/mol. The molecule has 1 aliphatic carbocycles. The molecule has 2 N–H and O–H groups in total. The lowest BCUT2D eigenvalue weighted by atomic mass is 9.77. The van der Waals surface area contributed by atoms with Crippen LogP contribution in [0, 0.1) is 22.6 Å². The molecule has 1 aromatic heterocycles. The maximum Gasteiger partial charge on any atom is 0.433 e. The lowest BCUT2D eigenvalue weighted by molar-refractivity contribution is -0.214. The van der Waals surface area contributed by atoms with Gasteiger partial charge in [-0.1, -0.05) is 18.9 Å². The van der Waals surface area contributed by atoms with Crippen molar-refractivity contribution in [2.75, 3.05) is 5.32 Å². The van der Waals surface area contributed by atoms with E-state index in [1.54, 1.807) is 12.1 Å². The van der Waals surface area contributed by atoms with E-state index >= 15 is 0 Å². The van der Waals surface area contributed by atoms with E-state index in [0.717, 1.165) is 31.0 Å². The van der Waals surface area contributed by atoms with Crippen molar-refractivity contribution >= 4 is 22.5 Å². The van der Waals surface area contributed by atoms with Crippen molar-refractivity contribution in [2.45, 2.75) is 43.8 Å². The summed E-state index contributed by atoms with van der Waals surface area (Å²) in [5.74, 6) is -1.80. The fourth-order valence-corrected chi connectivity index (χ4v) is 4.48. The van der Waals surface area contributed by atoms with Crippen molar-refractivity contribution in [1.82, 2.24) is 4.98 Å². The normalized spacial score (nSPS) is 18.6. The number of nitrogens with zero attached hydrogens (tertiary/aromatic N) is 2. The number of pyridine rings is 1. The highest BCUT2D eigenvalue weighted by molar-refractivity contribution is 5.92. The molecule has 1 unspecified atom stereocenters. The third-order valence-corrected chi connectivity index (χ3v) is 5.99. The molecule has 1 fully saturated rings. The topological polar surface area (TPSA) is 95.6 Å². The van der Waals surface area contributed by atoms with Crippen molar-refractivity contribution in [2.24, 2.45) is 0 Å². The van der Waals surface area contributed by atoms with Crippen LogP contribution in [0.4, 0.5) is 23.2 Å². The van der Waals surface area contributed by atoms with Crippen molar-refractivity contribution < 1.29 is 22.7 Å². The maximum atomic E-state index is 13.9. The van der Waals surface area contributed by atoms with E-state index in [4.69, 9.17) is 10.7 Å². The summed E-state index contributed by atoms with van der Waals surface area (Å²) >= 11 is 0. The van der Waals surface area contributed by atoms with Gasteiger partial charge < -0.3 is 15.8 Å². The van der Waals surface area contributed by atoms with E-state index in [1.165, 1.54) is 12.1 Å². The number of hydrogen-bond acceptors (Lipinski definition) is 5. The zero-order valence-corrected chi connectivity index (χ0v) is 17.3. The fourth-order valence-electron chi connectivity index (χ4n) is 4.48. The Labute approximate surface area is 187 Å². The summed E-state index contributed by atoms with van der Waals surface area (Å²) < 4.78 is 54.3. The maximum absolute atomic E-state index is 13.9. The Balaban J connectivity index is 1.79. The molecule has 0 saturated heterocycles. The summed E-state index contributed by atoms with van der Waals surface area (Å²) in [7, 11) is 0. The first-order valence-corrected chi connectivity index (χ1v) is 10.4. The Kier molecular flexibility index (Phi) is 5.93. The second kappa shape index (κ2) is 8.70. The van der Waals surface area contributed by atoms with Crippen LogP contribution in [0.5, 0.6) is 0 Å². The molecule has 5 nitrogen and oxygen atoms in total. The Morgan fingerprint density at radius 1 is 1.12 bits per heavy atom. The smallest absolute Gasteiger partial charge is 0.433 e. The van der Waals surface area contributed by atoms with E-state index in [-0.39, 0.29) is 39.7 Å². The van der Waals surface area contributed by atoms with Crippen molar-refractivity contribution in [3.05, 3.63) is 70.7 Å². The number of nitriles is 1. The first-order chi connectivity index (χ1) is 15.7. The van der Waals surface area contributed by atoms with Crippen molar-refractivity contribution in [1.29, 1.82) is 10.7 Å². The number of benzene rings is 2. The van der Waals surface area contributed by atoms with E-state index in [1.807, 2.05) is 6.07 Å². The van der Waals surface area contributed by atoms with Crippen LogP contribution in [0.15, 0.2) is 42.5 Å². The number of nitrogens with one attached hydrogen (secondary N) is 2. The Morgan fingerprint density at radius 2 is 1.88 bits per heavy atom. The summed E-state index contributed by atoms with van der Waals surface area (Å²) in [6, 6.07) is 10.4. The van der Waals surface area contributed by atoms with Gasteiger partial charge in [0.05, 0.1) is 17.1 Å². The van der Waals surface area contributed by atoms with Gasteiger partial charge in [-0.2, -0.15) is 18.4 Å². The summed E-state index contributed by atoms with van der Waals surface area (Å²) in [5.41, 5.74) is -0.0318. The van der Waals surface area contributed by atoms with Gasteiger partial charge in [0.15, 0.2) is 0 Å². The molecule has 4 rings (SSSR count). The molecule has 33 heavy (non-hydrogen) atoms. The zero-order chi connectivity index (χ0) is 23.8. The van der Waals surface area contributed by atoms with Gasteiger partial charge in [-0.05, 0) is 66.3 Å². The summed E-state index contributed by atoms with van der Waals surface area (Å²) in [6.07, 6.45) is -1.76. The van der Waals surface area contributed by atoms with Gasteiger partial charge in [0, 0.05) is 23.0 Å². The van der Waals surface area contributed by atoms with Crippen molar-refractivity contribution in [3.8, 4) is 6.07 Å². The minimum atomic E-state index is -4.68. The largest absolute Gasteiger partial charge is 0.859 e. The molecule has 0 radical (unpaired) electrons. The third-order valence-electron chi connectivity index (χ3n) is 5.99. The van der Waals surface area contributed by atoms with Gasteiger partial charge >= 0.3 is 6.18 Å². The molecule has 1 aliphatic rings. The van der Waals surface area contributed by atoms with Crippen LogP contribution < -0.4 is 10.4 Å². The quantitative estimate of drug-likeness (QED) is 0.326. The molecule has 9 heteroatoms. The SMILES string of the molecule is N#Cc1ccc(C2CCCC[C@@H]2Nc2cc(C(F)(F)F)nc3ccc(F)cc23)c(C(=N)[O-])c1. The van der Waals surface area contributed by atoms with Gasteiger partial charge in [0.25, 0.3) is 0 Å². The molecule has 2 atom stereocenters. The molecule has 3 aromatic rings. The summed E-state index contributed by atoms with van der Waals surface area (Å²) in [4.78, 5) is 3.64. The first-order valence-electron chi connectivity index (χ1n) is 10.4. The summed E-state index contributed by atoms with van der Waals surface area (Å²) in [5, 5.41) is 32.1. The van der Waals surface area contributed by atoms with Gasteiger partial charge in [-0.15, -0.1) is 0 Å². The van der Waals surface area contributed by atoms with Gasteiger partial charge in [-0.3, -0.25) is 0 Å². The third kappa shape index (κ3) is 4.60. The molecule has 2 aromatic carbocycles. The highest BCUT2D eigenvalue weighted by Gasteiger charge is 2.34. The Hall–Kier alpha value is -3.67. The number of anilines is 1. The van der Waals surface area contributed by atoms with Crippen LogP contribution in [0.25, 0.3) is 10.9 Å². The number of aromatic nitrogens is 1. The molecule has 1 saturated carbocycles. The van der Waals surface area contributed by atoms with Crippen LogP contribution in [0.3, 0.4) is 0 Å². The Bertz CT molecular complexity index is 1270. The number of hydrogen-bond donors (Lipinski definition) is 2.